The summed E-state index contributed by atoms with van der Waals surface area (Å²) in [6.07, 6.45) is 0. The molecule has 0 aliphatic rings. The molecular formula is C4H6I3. The Morgan fingerprint density at radius 3 is 1.14 bits per heavy atom. The molecule has 0 aliphatic carbocycles. The highest BCUT2D eigenvalue weighted by Gasteiger charge is 2.00. The summed E-state index contributed by atoms with van der Waals surface area (Å²) in [4.78, 5) is 0. The van der Waals surface area contributed by atoms with Crippen molar-refractivity contribution in [3.05, 3.63) is 5.92 Å². The van der Waals surface area contributed by atoms with Gasteiger partial charge in [0.1, 0.15) is 0 Å². The molecule has 7 heavy (non-hydrogen) atoms. The van der Waals surface area contributed by atoms with Crippen molar-refractivity contribution in [3.8, 4) is 0 Å². The second-order valence-electron chi connectivity index (χ2n) is 1.15. The van der Waals surface area contributed by atoms with E-state index < -0.39 is 0 Å². The van der Waals surface area contributed by atoms with E-state index >= 15 is 0 Å². The first kappa shape index (κ1) is 9.19. The fourth-order valence-electron chi connectivity index (χ4n) is 0.107. The van der Waals surface area contributed by atoms with Crippen LogP contribution in [-0.2, 0) is 0 Å². The molecule has 1 radical (unpaired) electrons. The number of halogens is 3. The Labute approximate surface area is 85.6 Å². The van der Waals surface area contributed by atoms with Crippen molar-refractivity contribution < 1.29 is 0 Å². The van der Waals surface area contributed by atoms with Crippen LogP contribution in [0, 0.1) is 5.92 Å². The molecule has 0 unspecified atom stereocenters. The van der Waals surface area contributed by atoms with Crippen LogP contribution < -0.4 is 0 Å². The quantitative estimate of drug-likeness (QED) is 0.473. The lowest BCUT2D eigenvalue weighted by Crippen LogP contribution is -1.99. The van der Waals surface area contributed by atoms with Crippen LogP contribution in [0.4, 0.5) is 0 Å². The zero-order valence-electron chi connectivity index (χ0n) is 3.76. The fourth-order valence-corrected chi connectivity index (χ4v) is 4.82. The minimum absolute atomic E-state index is 1.23. The average molecular weight is 435 g/mol. The Morgan fingerprint density at radius 1 is 0.857 bits per heavy atom. The molecule has 0 aromatic heterocycles. The molecule has 0 N–H and O–H groups in total. The van der Waals surface area contributed by atoms with Gasteiger partial charge in [-0.05, 0) is 0 Å². The standard InChI is InChI=1S/C4H6I3/c5-1-4(2-6)3-7/h1-3H2. The van der Waals surface area contributed by atoms with E-state index in [0.717, 1.165) is 0 Å². The predicted octanol–water partition coefficient (Wildman–Crippen LogP) is 2.87. The van der Waals surface area contributed by atoms with Gasteiger partial charge in [-0.1, -0.05) is 67.8 Å². The number of rotatable bonds is 3. The summed E-state index contributed by atoms with van der Waals surface area (Å²) in [5.74, 6) is 1.64. The van der Waals surface area contributed by atoms with Gasteiger partial charge in [-0.25, -0.2) is 0 Å². The van der Waals surface area contributed by atoms with E-state index in [0.29, 0.717) is 0 Å². The smallest absolute Gasteiger partial charge is 0.00728 e. The summed E-state index contributed by atoms with van der Waals surface area (Å²) in [6, 6.07) is 0. The Hall–Kier alpha value is 2.19. The molecule has 0 amide bonds. The minimum Gasteiger partial charge on any atom is -0.0857 e. The zero-order chi connectivity index (χ0) is 5.70. The lowest BCUT2D eigenvalue weighted by Gasteiger charge is -2.00. The molecule has 0 bridgehead atoms. The normalized spacial score (nSPS) is 10.3. The highest BCUT2D eigenvalue weighted by Crippen LogP contribution is 2.11. The summed E-state index contributed by atoms with van der Waals surface area (Å²) in [5, 5.41) is 0. The topological polar surface area (TPSA) is 0 Å². The molecule has 0 spiro atoms. The van der Waals surface area contributed by atoms with Crippen molar-refractivity contribution in [3.63, 3.8) is 0 Å². The zero-order valence-corrected chi connectivity index (χ0v) is 10.2. The lowest BCUT2D eigenvalue weighted by atomic mass is 10.3. The summed E-state index contributed by atoms with van der Waals surface area (Å²) in [7, 11) is 0. The average Bonchev–Trinajstić information content (AvgIpc) is 1.72. The summed E-state index contributed by atoms with van der Waals surface area (Å²) in [6.45, 7) is 0. The van der Waals surface area contributed by atoms with Crippen molar-refractivity contribution in [2.75, 3.05) is 13.3 Å². The van der Waals surface area contributed by atoms with Crippen molar-refractivity contribution in [1.29, 1.82) is 0 Å². The van der Waals surface area contributed by atoms with E-state index in [1.54, 1.807) is 5.92 Å². The summed E-state index contributed by atoms with van der Waals surface area (Å²) >= 11 is 7.21. The first-order chi connectivity index (χ1) is 3.35. The van der Waals surface area contributed by atoms with Crippen LogP contribution in [0.5, 0.6) is 0 Å². The molecule has 0 atom stereocenters. The molecular weight excluding hydrogens is 429 g/mol. The van der Waals surface area contributed by atoms with Gasteiger partial charge in [0.15, 0.2) is 0 Å². The molecule has 0 saturated heterocycles. The number of alkyl halides is 3. The van der Waals surface area contributed by atoms with Gasteiger partial charge >= 0.3 is 0 Å². The Bertz CT molecular complexity index is 28.4. The molecule has 0 aromatic rings. The highest BCUT2D eigenvalue weighted by molar-refractivity contribution is 14.1. The third-order valence-corrected chi connectivity index (χ3v) is 3.80. The maximum atomic E-state index is 2.40. The SMILES string of the molecule is IC[C](CI)CI. The highest BCUT2D eigenvalue weighted by atomic mass is 127. The fraction of sp³-hybridized carbons (Fsp3) is 0.750. The van der Waals surface area contributed by atoms with Gasteiger partial charge in [-0.3, -0.25) is 0 Å². The van der Waals surface area contributed by atoms with Gasteiger partial charge in [0.2, 0.25) is 0 Å². The number of hydrogen-bond donors (Lipinski definition) is 0. The maximum absolute atomic E-state index is 2.40. The van der Waals surface area contributed by atoms with Crippen molar-refractivity contribution in [2.45, 2.75) is 0 Å². The molecule has 0 fully saturated rings. The Kier molecular flexibility index (Phi) is 8.29. The van der Waals surface area contributed by atoms with Gasteiger partial charge in [-0.15, -0.1) is 0 Å². The van der Waals surface area contributed by atoms with Crippen LogP contribution in [-0.4, -0.2) is 13.3 Å². The first-order valence-electron chi connectivity index (χ1n) is 1.86. The van der Waals surface area contributed by atoms with E-state index in [-0.39, 0.29) is 0 Å². The molecule has 0 heterocycles. The van der Waals surface area contributed by atoms with Crippen LogP contribution in [0.25, 0.3) is 0 Å². The van der Waals surface area contributed by atoms with Crippen LogP contribution in [0.2, 0.25) is 0 Å². The third-order valence-electron chi connectivity index (χ3n) is 0.567. The molecule has 0 aliphatic heterocycles. The summed E-state index contributed by atoms with van der Waals surface area (Å²) in [5.41, 5.74) is 0. The number of hydrogen-bond acceptors (Lipinski definition) is 0. The van der Waals surface area contributed by atoms with E-state index in [2.05, 4.69) is 67.8 Å². The van der Waals surface area contributed by atoms with Crippen molar-refractivity contribution >= 4 is 67.8 Å². The van der Waals surface area contributed by atoms with E-state index in [1.807, 2.05) is 0 Å². The predicted molar refractivity (Wildman–Crippen MR) is 59.9 cm³/mol. The van der Waals surface area contributed by atoms with Crippen LogP contribution >= 0.6 is 67.8 Å². The van der Waals surface area contributed by atoms with Gasteiger partial charge in [0, 0.05) is 19.2 Å². The second kappa shape index (κ2) is 6.31. The van der Waals surface area contributed by atoms with Crippen molar-refractivity contribution in [1.82, 2.24) is 0 Å². The minimum atomic E-state index is 1.23. The molecule has 0 nitrogen and oxygen atoms in total. The molecule has 43 valence electrons. The maximum Gasteiger partial charge on any atom is 0.00728 e. The summed E-state index contributed by atoms with van der Waals surface area (Å²) < 4.78 is 3.68. The van der Waals surface area contributed by atoms with E-state index in [9.17, 15) is 0 Å². The Morgan fingerprint density at radius 2 is 1.14 bits per heavy atom. The molecule has 0 rings (SSSR count). The molecule has 3 heteroatoms. The Balaban J connectivity index is 2.99. The van der Waals surface area contributed by atoms with Crippen molar-refractivity contribution in [2.24, 2.45) is 0 Å². The largest absolute Gasteiger partial charge is 0.0857 e. The van der Waals surface area contributed by atoms with E-state index in [4.69, 9.17) is 0 Å². The van der Waals surface area contributed by atoms with Gasteiger partial charge in [0.25, 0.3) is 0 Å². The molecule has 0 aromatic carbocycles. The second-order valence-corrected chi connectivity index (χ2v) is 3.44. The third kappa shape index (κ3) is 4.68. The molecule has 0 saturated carbocycles. The van der Waals surface area contributed by atoms with Crippen LogP contribution in [0.3, 0.4) is 0 Å². The van der Waals surface area contributed by atoms with Gasteiger partial charge in [0.05, 0.1) is 0 Å². The van der Waals surface area contributed by atoms with E-state index in [1.165, 1.54) is 13.3 Å². The lowest BCUT2D eigenvalue weighted by molar-refractivity contribution is 1.20. The van der Waals surface area contributed by atoms with Crippen LogP contribution in [0.1, 0.15) is 0 Å². The van der Waals surface area contributed by atoms with Gasteiger partial charge in [-0.2, -0.15) is 0 Å². The first-order valence-corrected chi connectivity index (χ1v) is 6.44. The van der Waals surface area contributed by atoms with Crippen LogP contribution in [0.15, 0.2) is 0 Å². The van der Waals surface area contributed by atoms with Gasteiger partial charge < -0.3 is 0 Å². The monoisotopic (exact) mass is 435 g/mol.